The lowest BCUT2D eigenvalue weighted by Gasteiger charge is -2.30. The van der Waals surface area contributed by atoms with Crippen molar-refractivity contribution in [1.29, 1.82) is 0 Å². The molecule has 0 aromatic heterocycles. The summed E-state index contributed by atoms with van der Waals surface area (Å²) in [5, 5.41) is 2.71. The number of hydrogen-bond acceptors (Lipinski definition) is 4. The van der Waals surface area contributed by atoms with Crippen LogP contribution < -0.4 is 10.2 Å². The SMILES string of the molecule is O=C1CN(C(=O)CN2C(=O)C3CC=CCC3C2=O)c2ccccc2N1. The molecule has 7 nitrogen and oxygen atoms in total. The highest BCUT2D eigenvalue weighted by atomic mass is 16.2. The van der Waals surface area contributed by atoms with Gasteiger partial charge in [0.2, 0.25) is 23.6 Å². The molecule has 1 aliphatic carbocycles. The minimum absolute atomic E-state index is 0.125. The van der Waals surface area contributed by atoms with Crippen LogP contribution in [0.25, 0.3) is 0 Å². The predicted octanol–water partition coefficient (Wildman–Crippen LogP) is 0.923. The number of nitrogens with one attached hydrogen (secondary N) is 1. The highest BCUT2D eigenvalue weighted by Crippen LogP contribution is 2.35. The van der Waals surface area contributed by atoms with Crippen LogP contribution in [0.15, 0.2) is 36.4 Å². The zero-order valence-electron chi connectivity index (χ0n) is 13.5. The number of imide groups is 1. The van der Waals surface area contributed by atoms with Crippen molar-refractivity contribution in [2.45, 2.75) is 12.8 Å². The molecule has 2 aliphatic heterocycles. The molecule has 1 aromatic rings. The number of anilines is 2. The fraction of sp³-hybridized carbons (Fsp3) is 0.333. The Hall–Kier alpha value is -2.96. The van der Waals surface area contributed by atoms with E-state index in [-0.39, 0.29) is 42.6 Å². The first-order chi connectivity index (χ1) is 12.1. The van der Waals surface area contributed by atoms with E-state index in [0.717, 1.165) is 4.90 Å². The van der Waals surface area contributed by atoms with Gasteiger partial charge in [0.05, 0.1) is 23.2 Å². The fourth-order valence-electron chi connectivity index (χ4n) is 3.70. The van der Waals surface area contributed by atoms with Crippen LogP contribution in [0, 0.1) is 11.8 Å². The molecule has 2 unspecified atom stereocenters. The molecule has 1 aromatic carbocycles. The van der Waals surface area contributed by atoms with E-state index in [4.69, 9.17) is 0 Å². The van der Waals surface area contributed by atoms with E-state index in [2.05, 4.69) is 5.32 Å². The molecule has 1 fully saturated rings. The topological polar surface area (TPSA) is 86.8 Å². The molecule has 2 atom stereocenters. The summed E-state index contributed by atoms with van der Waals surface area (Å²) in [5.41, 5.74) is 1.12. The fourth-order valence-corrected chi connectivity index (χ4v) is 3.70. The van der Waals surface area contributed by atoms with Gasteiger partial charge in [-0.15, -0.1) is 0 Å². The number of rotatable bonds is 2. The molecule has 0 bridgehead atoms. The summed E-state index contributed by atoms with van der Waals surface area (Å²) in [7, 11) is 0. The second-order valence-electron chi connectivity index (χ2n) is 6.46. The maximum atomic E-state index is 12.7. The van der Waals surface area contributed by atoms with E-state index >= 15 is 0 Å². The van der Waals surface area contributed by atoms with Crippen molar-refractivity contribution < 1.29 is 19.2 Å². The summed E-state index contributed by atoms with van der Waals surface area (Å²) >= 11 is 0. The summed E-state index contributed by atoms with van der Waals surface area (Å²) < 4.78 is 0. The number of amides is 4. The van der Waals surface area contributed by atoms with Crippen molar-refractivity contribution in [1.82, 2.24) is 4.90 Å². The summed E-state index contributed by atoms with van der Waals surface area (Å²) in [5.74, 6) is -2.03. The molecule has 25 heavy (non-hydrogen) atoms. The van der Waals surface area contributed by atoms with Crippen molar-refractivity contribution in [2.75, 3.05) is 23.3 Å². The van der Waals surface area contributed by atoms with Crippen LogP contribution >= 0.6 is 0 Å². The van der Waals surface area contributed by atoms with Crippen molar-refractivity contribution in [2.24, 2.45) is 11.8 Å². The lowest BCUT2D eigenvalue weighted by molar-refractivity contribution is -0.143. The van der Waals surface area contributed by atoms with Crippen molar-refractivity contribution in [3.8, 4) is 0 Å². The number of para-hydroxylation sites is 2. The maximum absolute atomic E-state index is 12.7. The second-order valence-corrected chi connectivity index (χ2v) is 6.46. The zero-order chi connectivity index (χ0) is 17.6. The first-order valence-corrected chi connectivity index (χ1v) is 8.25. The van der Waals surface area contributed by atoms with Gasteiger partial charge in [0.1, 0.15) is 13.1 Å². The van der Waals surface area contributed by atoms with E-state index < -0.39 is 5.91 Å². The molecule has 0 spiro atoms. The van der Waals surface area contributed by atoms with Crippen LogP contribution in [-0.4, -0.2) is 41.6 Å². The zero-order valence-corrected chi connectivity index (χ0v) is 13.5. The quantitative estimate of drug-likeness (QED) is 0.641. The molecule has 128 valence electrons. The molecular formula is C18H17N3O4. The normalized spacial score (nSPS) is 24.9. The summed E-state index contributed by atoms with van der Waals surface area (Å²) in [6.45, 7) is -0.452. The maximum Gasteiger partial charge on any atom is 0.247 e. The molecule has 1 N–H and O–H groups in total. The first-order valence-electron chi connectivity index (χ1n) is 8.25. The molecule has 0 saturated carbocycles. The van der Waals surface area contributed by atoms with E-state index in [1.807, 2.05) is 12.2 Å². The third-order valence-electron chi connectivity index (χ3n) is 4.96. The third-order valence-corrected chi connectivity index (χ3v) is 4.96. The second kappa shape index (κ2) is 5.84. The van der Waals surface area contributed by atoms with Gasteiger partial charge in [-0.3, -0.25) is 29.0 Å². The minimum atomic E-state index is -0.435. The van der Waals surface area contributed by atoms with Crippen LogP contribution in [-0.2, 0) is 19.2 Å². The Morgan fingerprint density at radius 1 is 1.04 bits per heavy atom. The van der Waals surface area contributed by atoms with E-state index in [1.54, 1.807) is 24.3 Å². The Labute approximate surface area is 144 Å². The molecular weight excluding hydrogens is 322 g/mol. The van der Waals surface area contributed by atoms with Gasteiger partial charge in [0, 0.05) is 0 Å². The smallest absolute Gasteiger partial charge is 0.247 e. The van der Waals surface area contributed by atoms with E-state index in [0.29, 0.717) is 24.2 Å². The van der Waals surface area contributed by atoms with Crippen LogP contribution in [0.5, 0.6) is 0 Å². The lowest BCUT2D eigenvalue weighted by Crippen LogP contribution is -2.48. The van der Waals surface area contributed by atoms with Crippen LogP contribution in [0.3, 0.4) is 0 Å². The molecule has 1 saturated heterocycles. The van der Waals surface area contributed by atoms with Gasteiger partial charge < -0.3 is 5.32 Å². The van der Waals surface area contributed by atoms with Crippen molar-refractivity contribution in [3.63, 3.8) is 0 Å². The van der Waals surface area contributed by atoms with Crippen LogP contribution in [0.1, 0.15) is 12.8 Å². The third kappa shape index (κ3) is 2.52. The van der Waals surface area contributed by atoms with Crippen LogP contribution in [0.4, 0.5) is 11.4 Å². The Kier molecular flexibility index (Phi) is 3.63. The summed E-state index contributed by atoms with van der Waals surface area (Å²) in [6, 6.07) is 6.96. The van der Waals surface area contributed by atoms with Crippen molar-refractivity contribution in [3.05, 3.63) is 36.4 Å². The van der Waals surface area contributed by atoms with Gasteiger partial charge in [-0.2, -0.15) is 0 Å². The summed E-state index contributed by atoms with van der Waals surface area (Å²) in [4.78, 5) is 52.0. The Morgan fingerprint density at radius 2 is 1.68 bits per heavy atom. The Morgan fingerprint density at radius 3 is 2.36 bits per heavy atom. The average Bonchev–Trinajstić information content (AvgIpc) is 2.86. The number of hydrogen-bond donors (Lipinski definition) is 1. The largest absolute Gasteiger partial charge is 0.323 e. The summed E-state index contributed by atoms with van der Waals surface area (Å²) in [6.07, 6.45) is 4.88. The Bertz CT molecular complexity index is 790. The first kappa shape index (κ1) is 15.6. The van der Waals surface area contributed by atoms with Gasteiger partial charge in [-0.25, -0.2) is 0 Å². The average molecular weight is 339 g/mol. The number of likely N-dealkylation sites (tertiary alicyclic amines) is 1. The molecule has 4 amide bonds. The number of carbonyl (C=O) groups is 4. The molecule has 2 heterocycles. The van der Waals surface area contributed by atoms with E-state index in [9.17, 15) is 19.2 Å². The van der Waals surface area contributed by atoms with E-state index in [1.165, 1.54) is 4.90 Å². The Balaban J connectivity index is 1.56. The van der Waals surface area contributed by atoms with Gasteiger partial charge in [0.25, 0.3) is 0 Å². The highest BCUT2D eigenvalue weighted by molar-refractivity contribution is 6.13. The van der Waals surface area contributed by atoms with Crippen molar-refractivity contribution >= 4 is 35.0 Å². The number of carbonyl (C=O) groups excluding carboxylic acids is 4. The van der Waals surface area contributed by atoms with Gasteiger partial charge in [-0.05, 0) is 25.0 Å². The highest BCUT2D eigenvalue weighted by Gasteiger charge is 2.48. The number of fused-ring (bicyclic) bond motifs is 2. The molecule has 0 radical (unpaired) electrons. The standard InChI is InChI=1S/C18H17N3O4/c22-15-9-20(14-8-4-3-7-13(14)19-15)16(23)10-21-17(24)11-5-1-2-6-12(11)18(21)25/h1-4,7-8,11-12H,5-6,9-10H2,(H,19,22). The predicted molar refractivity (Wildman–Crippen MR) is 89.5 cm³/mol. The molecule has 4 rings (SSSR count). The lowest BCUT2D eigenvalue weighted by atomic mass is 9.85. The van der Waals surface area contributed by atoms with Gasteiger partial charge in [-0.1, -0.05) is 24.3 Å². The number of allylic oxidation sites excluding steroid dienone is 2. The molecule has 3 aliphatic rings. The number of benzene rings is 1. The molecule has 7 heteroatoms. The monoisotopic (exact) mass is 339 g/mol. The van der Waals surface area contributed by atoms with Gasteiger partial charge in [0.15, 0.2) is 0 Å². The number of nitrogens with zero attached hydrogens (tertiary/aromatic N) is 2. The van der Waals surface area contributed by atoms with Crippen LogP contribution in [0.2, 0.25) is 0 Å². The minimum Gasteiger partial charge on any atom is -0.323 e. The van der Waals surface area contributed by atoms with Gasteiger partial charge >= 0.3 is 0 Å².